The SMILES string of the molecule is COc1ccc(N2CCN(C(=S)Nc3cc(C)ccc3OC)CC2)c(OC)c1. The van der Waals surface area contributed by atoms with E-state index < -0.39 is 0 Å². The lowest BCUT2D eigenvalue weighted by Crippen LogP contribution is -2.50. The van der Waals surface area contributed by atoms with Gasteiger partial charge in [0.15, 0.2) is 5.11 Å². The molecule has 7 heteroatoms. The molecule has 0 saturated carbocycles. The lowest BCUT2D eigenvalue weighted by molar-refractivity contribution is 0.377. The monoisotopic (exact) mass is 401 g/mol. The van der Waals surface area contributed by atoms with Gasteiger partial charge in [0.1, 0.15) is 17.2 Å². The van der Waals surface area contributed by atoms with E-state index in [2.05, 4.69) is 22.0 Å². The molecular formula is C21H27N3O3S. The Balaban J connectivity index is 1.64. The summed E-state index contributed by atoms with van der Waals surface area (Å²) in [6.45, 7) is 5.42. The van der Waals surface area contributed by atoms with E-state index in [1.54, 1.807) is 21.3 Å². The van der Waals surface area contributed by atoms with Crippen molar-refractivity contribution in [3.8, 4) is 17.2 Å². The Morgan fingerprint density at radius 2 is 1.61 bits per heavy atom. The van der Waals surface area contributed by atoms with Gasteiger partial charge < -0.3 is 29.3 Å². The fraction of sp³-hybridized carbons (Fsp3) is 0.381. The first kappa shape index (κ1) is 20.1. The number of piperazine rings is 1. The maximum atomic E-state index is 5.64. The van der Waals surface area contributed by atoms with Crippen LogP contribution in [0.3, 0.4) is 0 Å². The average Bonchev–Trinajstić information content (AvgIpc) is 2.73. The third-order valence-electron chi connectivity index (χ3n) is 4.89. The van der Waals surface area contributed by atoms with Crippen molar-refractivity contribution < 1.29 is 14.2 Å². The van der Waals surface area contributed by atoms with Crippen LogP contribution >= 0.6 is 12.2 Å². The molecule has 2 aromatic rings. The molecule has 1 fully saturated rings. The van der Waals surface area contributed by atoms with Crippen molar-refractivity contribution >= 4 is 28.7 Å². The summed E-state index contributed by atoms with van der Waals surface area (Å²) < 4.78 is 16.3. The van der Waals surface area contributed by atoms with E-state index in [9.17, 15) is 0 Å². The number of methoxy groups -OCH3 is 3. The van der Waals surface area contributed by atoms with Crippen molar-refractivity contribution in [3.63, 3.8) is 0 Å². The van der Waals surface area contributed by atoms with Gasteiger partial charge in [0.2, 0.25) is 0 Å². The van der Waals surface area contributed by atoms with E-state index in [4.69, 9.17) is 26.4 Å². The first-order valence-electron chi connectivity index (χ1n) is 9.23. The van der Waals surface area contributed by atoms with Gasteiger partial charge in [-0.25, -0.2) is 0 Å². The molecule has 0 bridgehead atoms. The number of nitrogens with zero attached hydrogens (tertiary/aromatic N) is 2. The summed E-state index contributed by atoms with van der Waals surface area (Å²) >= 11 is 5.64. The van der Waals surface area contributed by atoms with Gasteiger partial charge in [-0.1, -0.05) is 6.07 Å². The van der Waals surface area contributed by atoms with Crippen molar-refractivity contribution in [2.45, 2.75) is 6.92 Å². The molecule has 0 aliphatic carbocycles. The molecule has 0 radical (unpaired) electrons. The smallest absolute Gasteiger partial charge is 0.173 e. The van der Waals surface area contributed by atoms with Crippen LogP contribution in [-0.2, 0) is 0 Å². The highest BCUT2D eigenvalue weighted by molar-refractivity contribution is 7.80. The van der Waals surface area contributed by atoms with Crippen LogP contribution in [0.1, 0.15) is 5.56 Å². The summed E-state index contributed by atoms with van der Waals surface area (Å²) in [6.07, 6.45) is 0. The van der Waals surface area contributed by atoms with Gasteiger partial charge in [-0.2, -0.15) is 0 Å². The number of aryl methyl sites for hydroxylation is 1. The molecule has 28 heavy (non-hydrogen) atoms. The van der Waals surface area contributed by atoms with Crippen LogP contribution in [0.25, 0.3) is 0 Å². The molecule has 2 aromatic carbocycles. The van der Waals surface area contributed by atoms with Crippen molar-refractivity contribution in [3.05, 3.63) is 42.0 Å². The van der Waals surface area contributed by atoms with Crippen molar-refractivity contribution in [2.24, 2.45) is 0 Å². The minimum atomic E-state index is 0.713. The molecule has 3 rings (SSSR count). The Hall–Kier alpha value is -2.67. The maximum absolute atomic E-state index is 5.64. The summed E-state index contributed by atoms with van der Waals surface area (Å²) in [4.78, 5) is 4.49. The predicted molar refractivity (Wildman–Crippen MR) is 117 cm³/mol. The fourth-order valence-corrected chi connectivity index (χ4v) is 3.60. The average molecular weight is 402 g/mol. The van der Waals surface area contributed by atoms with Gasteiger partial charge in [0.05, 0.1) is 32.7 Å². The molecule has 150 valence electrons. The van der Waals surface area contributed by atoms with Gasteiger partial charge in [-0.3, -0.25) is 0 Å². The topological polar surface area (TPSA) is 46.2 Å². The van der Waals surface area contributed by atoms with E-state index in [0.717, 1.165) is 60.4 Å². The van der Waals surface area contributed by atoms with Crippen molar-refractivity contribution in [1.82, 2.24) is 4.90 Å². The first-order valence-corrected chi connectivity index (χ1v) is 9.64. The molecule has 6 nitrogen and oxygen atoms in total. The number of nitrogens with one attached hydrogen (secondary N) is 1. The summed E-state index contributed by atoms with van der Waals surface area (Å²) in [7, 11) is 5.01. The zero-order chi connectivity index (χ0) is 20.1. The highest BCUT2D eigenvalue weighted by Crippen LogP contribution is 2.33. The predicted octanol–water partition coefficient (Wildman–Crippen LogP) is 3.54. The Morgan fingerprint density at radius 3 is 2.25 bits per heavy atom. The van der Waals surface area contributed by atoms with Crippen molar-refractivity contribution in [2.75, 3.05) is 57.7 Å². The van der Waals surface area contributed by atoms with Crippen LogP contribution in [0.4, 0.5) is 11.4 Å². The van der Waals surface area contributed by atoms with Gasteiger partial charge in [0.25, 0.3) is 0 Å². The van der Waals surface area contributed by atoms with Crippen LogP contribution in [0.2, 0.25) is 0 Å². The van der Waals surface area contributed by atoms with Crippen LogP contribution < -0.4 is 24.4 Å². The molecule has 0 spiro atoms. The van der Waals surface area contributed by atoms with Crippen LogP contribution in [0.15, 0.2) is 36.4 Å². The number of rotatable bonds is 5. The third-order valence-corrected chi connectivity index (χ3v) is 5.25. The van der Waals surface area contributed by atoms with Gasteiger partial charge >= 0.3 is 0 Å². The zero-order valence-corrected chi connectivity index (χ0v) is 17.6. The largest absolute Gasteiger partial charge is 0.497 e. The van der Waals surface area contributed by atoms with E-state index in [1.807, 2.05) is 36.4 Å². The lowest BCUT2D eigenvalue weighted by Gasteiger charge is -2.38. The first-order chi connectivity index (χ1) is 13.5. The lowest BCUT2D eigenvalue weighted by atomic mass is 10.2. The second kappa shape index (κ2) is 9.01. The Kier molecular flexibility index (Phi) is 6.46. The summed E-state index contributed by atoms with van der Waals surface area (Å²) in [5, 5.41) is 4.05. The van der Waals surface area contributed by atoms with Crippen LogP contribution in [0.5, 0.6) is 17.2 Å². The molecule has 1 heterocycles. The molecule has 0 amide bonds. The minimum Gasteiger partial charge on any atom is -0.497 e. The number of hydrogen-bond donors (Lipinski definition) is 1. The van der Waals surface area contributed by atoms with E-state index in [0.29, 0.717) is 5.11 Å². The third kappa shape index (κ3) is 4.42. The molecule has 0 atom stereocenters. The molecule has 1 aliphatic rings. The molecule has 1 aliphatic heterocycles. The highest BCUT2D eigenvalue weighted by atomic mass is 32.1. The van der Waals surface area contributed by atoms with Crippen molar-refractivity contribution in [1.29, 1.82) is 0 Å². The van der Waals surface area contributed by atoms with Gasteiger partial charge in [0, 0.05) is 32.2 Å². The highest BCUT2D eigenvalue weighted by Gasteiger charge is 2.22. The Labute approximate surface area is 172 Å². The number of ether oxygens (including phenoxy) is 3. The van der Waals surface area contributed by atoms with Crippen LogP contribution in [0, 0.1) is 6.92 Å². The molecule has 1 N–H and O–H groups in total. The second-order valence-corrected chi connectivity index (χ2v) is 7.03. The fourth-order valence-electron chi connectivity index (χ4n) is 3.31. The minimum absolute atomic E-state index is 0.713. The Bertz CT molecular complexity index is 836. The number of benzene rings is 2. The van der Waals surface area contributed by atoms with Gasteiger partial charge in [-0.15, -0.1) is 0 Å². The van der Waals surface area contributed by atoms with E-state index in [1.165, 1.54) is 0 Å². The molecule has 0 aromatic heterocycles. The molecule has 1 saturated heterocycles. The number of hydrogen-bond acceptors (Lipinski definition) is 5. The summed E-state index contributed by atoms with van der Waals surface area (Å²) in [5.41, 5.74) is 3.12. The van der Waals surface area contributed by atoms with Gasteiger partial charge in [-0.05, 0) is 49.0 Å². The van der Waals surface area contributed by atoms with E-state index in [-0.39, 0.29) is 0 Å². The number of thiocarbonyl (C=S) groups is 1. The van der Waals surface area contributed by atoms with Crippen LogP contribution in [-0.4, -0.2) is 57.5 Å². The second-order valence-electron chi connectivity index (χ2n) is 6.65. The summed E-state index contributed by atoms with van der Waals surface area (Å²) in [5.74, 6) is 2.39. The molecule has 0 unspecified atom stereocenters. The Morgan fingerprint density at radius 1 is 0.893 bits per heavy atom. The van der Waals surface area contributed by atoms with E-state index >= 15 is 0 Å². The quantitative estimate of drug-likeness (QED) is 0.769. The number of anilines is 2. The maximum Gasteiger partial charge on any atom is 0.173 e. The normalized spacial score (nSPS) is 13.9. The zero-order valence-electron chi connectivity index (χ0n) is 16.8. The standard InChI is InChI=1S/C21H27N3O3S/c1-15-5-8-19(26-3)17(13-15)22-21(28)24-11-9-23(10-12-24)18-7-6-16(25-2)14-20(18)27-4/h5-8,13-14H,9-12H2,1-4H3,(H,22,28). The molecular weight excluding hydrogens is 374 g/mol. The summed E-state index contributed by atoms with van der Waals surface area (Å²) in [6, 6.07) is 11.9.